The van der Waals surface area contributed by atoms with E-state index in [4.69, 9.17) is 27.9 Å². The number of ketones is 1. The first-order valence-electron chi connectivity index (χ1n) is 12.5. The quantitative estimate of drug-likeness (QED) is 0.0938. The maximum absolute atomic E-state index is 13.6. The number of carbonyl (C=O) groups is 1. The van der Waals surface area contributed by atoms with E-state index in [2.05, 4.69) is 19.6 Å². The van der Waals surface area contributed by atoms with E-state index >= 15 is 0 Å². The van der Waals surface area contributed by atoms with Crippen LogP contribution >= 0.6 is 23.2 Å². The lowest BCUT2D eigenvalue weighted by Crippen LogP contribution is -2.23. The second-order valence-electron chi connectivity index (χ2n) is 10.9. The molecule has 0 bridgehead atoms. The van der Waals surface area contributed by atoms with Crippen LogP contribution in [0, 0.1) is 0 Å². The third-order valence-electron chi connectivity index (χ3n) is 6.46. The van der Waals surface area contributed by atoms with Gasteiger partial charge in [-0.05, 0) is 42.4 Å². The van der Waals surface area contributed by atoms with Crippen molar-refractivity contribution in [3.8, 4) is 11.1 Å². The summed E-state index contributed by atoms with van der Waals surface area (Å²) in [7, 11) is 4.23. The Morgan fingerprint density at radius 1 is 1.03 bits per heavy atom. The highest BCUT2D eigenvalue weighted by molar-refractivity contribution is 6.76. The van der Waals surface area contributed by atoms with Crippen LogP contribution in [0.3, 0.4) is 0 Å². The second-order valence-corrected chi connectivity index (χ2v) is 17.4. The molecule has 0 radical (unpaired) electrons. The normalized spacial score (nSPS) is 12.2. The van der Waals surface area contributed by atoms with Gasteiger partial charge >= 0.3 is 0 Å². The first-order chi connectivity index (χ1) is 17.9. The minimum absolute atomic E-state index is 0.0984. The van der Waals surface area contributed by atoms with E-state index in [0.717, 1.165) is 28.0 Å². The zero-order chi connectivity index (χ0) is 27.8. The van der Waals surface area contributed by atoms with Crippen molar-refractivity contribution in [1.82, 2.24) is 14.0 Å². The van der Waals surface area contributed by atoms with Crippen LogP contribution in [0.1, 0.15) is 10.4 Å². The Balaban J connectivity index is 1.93. The van der Waals surface area contributed by atoms with Crippen LogP contribution in [0.4, 0.5) is 0 Å². The fraction of sp³-hybridized carbons (Fsp3) is 0.310. The molecule has 0 atom stereocenters. The van der Waals surface area contributed by atoms with Crippen molar-refractivity contribution in [2.45, 2.75) is 32.4 Å². The minimum atomic E-state index is -1.26. The molecule has 0 saturated carbocycles. The minimum Gasteiger partial charge on any atom is -0.383 e. The summed E-state index contributed by atoms with van der Waals surface area (Å²) in [6.45, 7) is 7.88. The topological polar surface area (TPSA) is 56.5 Å². The van der Waals surface area contributed by atoms with E-state index in [1.807, 2.05) is 47.8 Å². The number of halogens is 2. The molecule has 0 amide bonds. The molecular formula is C29H33Cl2N3O3Si. The molecule has 0 fully saturated rings. The number of pyridine rings is 1. The van der Waals surface area contributed by atoms with E-state index in [-0.39, 0.29) is 11.3 Å². The van der Waals surface area contributed by atoms with Gasteiger partial charge in [0.15, 0.2) is 5.78 Å². The number of aryl methyl sites for hydroxylation is 1. The lowest BCUT2D eigenvalue weighted by atomic mass is 10.0. The number of allylic oxidation sites excluding steroid dienone is 1. The predicted octanol–water partition coefficient (Wildman–Crippen LogP) is 7.04. The van der Waals surface area contributed by atoms with Gasteiger partial charge in [0.2, 0.25) is 0 Å². The van der Waals surface area contributed by atoms with Gasteiger partial charge in [0.05, 0.1) is 10.5 Å². The van der Waals surface area contributed by atoms with Gasteiger partial charge in [0.25, 0.3) is 5.56 Å². The van der Waals surface area contributed by atoms with E-state index < -0.39 is 8.07 Å². The summed E-state index contributed by atoms with van der Waals surface area (Å²) in [6.07, 6.45) is 3.28. The van der Waals surface area contributed by atoms with E-state index in [1.54, 1.807) is 42.1 Å². The number of benzene rings is 2. The molecule has 0 saturated heterocycles. The molecule has 38 heavy (non-hydrogen) atoms. The lowest BCUT2D eigenvalue weighted by molar-refractivity contribution is 0.0922. The maximum Gasteiger partial charge on any atom is 0.259 e. The van der Waals surface area contributed by atoms with Gasteiger partial charge in [-0.3, -0.25) is 14.2 Å². The molecular weight excluding hydrogens is 537 g/mol. The highest BCUT2D eigenvalue weighted by Gasteiger charge is 2.20. The number of hydrogen-bond acceptors (Lipinski definition) is 4. The number of aromatic nitrogens is 2. The molecule has 2 heterocycles. The molecule has 0 aliphatic carbocycles. The fourth-order valence-electron chi connectivity index (χ4n) is 4.39. The number of ether oxygens (including phenoxy) is 1. The summed E-state index contributed by atoms with van der Waals surface area (Å²) >= 11 is 12.6. The molecule has 0 N–H and O–H groups in total. The van der Waals surface area contributed by atoms with E-state index in [0.29, 0.717) is 40.1 Å². The standard InChI is InChI=1S/C29H33Cl2N3O3Si/c1-32(2)12-11-27(35)19-7-10-26-22(15-19)23-17-24(21-9-8-20(30)16-25(21)31)29(36)33(3)28(23)34(26)18-37-13-14-38(4,5)6/h7-12,15-17H,13-14,18H2,1-6H3/b12-11+. The Hall–Kier alpha value is -2.84. The molecule has 9 heteroatoms. The average Bonchev–Trinajstić information content (AvgIpc) is 3.15. The Morgan fingerprint density at radius 2 is 1.76 bits per heavy atom. The zero-order valence-electron chi connectivity index (χ0n) is 22.6. The van der Waals surface area contributed by atoms with Crippen LogP contribution < -0.4 is 5.56 Å². The Kier molecular flexibility index (Phi) is 8.23. The predicted molar refractivity (Wildman–Crippen MR) is 161 cm³/mol. The highest BCUT2D eigenvalue weighted by atomic mass is 35.5. The molecule has 4 rings (SSSR count). The van der Waals surface area contributed by atoms with Crippen molar-refractivity contribution >= 4 is 59.0 Å². The van der Waals surface area contributed by atoms with Crippen LogP contribution in [-0.4, -0.2) is 48.6 Å². The van der Waals surface area contributed by atoms with Crippen molar-refractivity contribution in [2.24, 2.45) is 7.05 Å². The smallest absolute Gasteiger partial charge is 0.259 e. The van der Waals surface area contributed by atoms with Gasteiger partial charge in [-0.1, -0.05) is 48.9 Å². The molecule has 200 valence electrons. The number of fused-ring (bicyclic) bond motifs is 3. The highest BCUT2D eigenvalue weighted by Crippen LogP contribution is 2.34. The van der Waals surface area contributed by atoms with Crippen molar-refractivity contribution < 1.29 is 9.53 Å². The van der Waals surface area contributed by atoms with Crippen LogP contribution in [0.25, 0.3) is 33.1 Å². The molecule has 0 spiro atoms. The summed E-state index contributed by atoms with van der Waals surface area (Å²) in [5.41, 5.74) is 3.06. The van der Waals surface area contributed by atoms with Crippen molar-refractivity contribution in [3.63, 3.8) is 0 Å². The molecule has 0 aliphatic heterocycles. The summed E-state index contributed by atoms with van der Waals surface area (Å²) in [6, 6.07) is 13.6. The molecule has 6 nitrogen and oxygen atoms in total. The third kappa shape index (κ3) is 5.91. The van der Waals surface area contributed by atoms with E-state index in [9.17, 15) is 9.59 Å². The third-order valence-corrected chi connectivity index (χ3v) is 8.71. The first kappa shape index (κ1) is 28.2. The van der Waals surface area contributed by atoms with Crippen molar-refractivity contribution in [2.75, 3.05) is 20.7 Å². The van der Waals surface area contributed by atoms with Gasteiger partial charge < -0.3 is 14.2 Å². The van der Waals surface area contributed by atoms with E-state index in [1.165, 1.54) is 0 Å². The maximum atomic E-state index is 13.6. The summed E-state index contributed by atoms with van der Waals surface area (Å²) in [5.74, 6) is -0.0984. The Morgan fingerprint density at radius 3 is 2.42 bits per heavy atom. The first-order valence-corrected chi connectivity index (χ1v) is 16.9. The van der Waals surface area contributed by atoms with Gasteiger partial charge in [0, 0.05) is 80.6 Å². The Labute approximate surface area is 234 Å². The van der Waals surface area contributed by atoms with Crippen LogP contribution in [0.2, 0.25) is 35.7 Å². The molecule has 4 aromatic rings. The van der Waals surface area contributed by atoms with Gasteiger partial charge in [-0.2, -0.15) is 0 Å². The summed E-state index contributed by atoms with van der Waals surface area (Å²) in [4.78, 5) is 28.3. The zero-order valence-corrected chi connectivity index (χ0v) is 25.2. The van der Waals surface area contributed by atoms with Gasteiger partial charge in [-0.15, -0.1) is 0 Å². The van der Waals surface area contributed by atoms with Crippen LogP contribution in [0.15, 0.2) is 59.5 Å². The summed E-state index contributed by atoms with van der Waals surface area (Å²) in [5, 5.41) is 2.60. The number of rotatable bonds is 9. The number of hydrogen-bond donors (Lipinski definition) is 0. The summed E-state index contributed by atoms with van der Waals surface area (Å²) < 4.78 is 9.76. The average molecular weight is 571 g/mol. The largest absolute Gasteiger partial charge is 0.383 e. The molecule has 2 aromatic heterocycles. The molecule has 0 aliphatic rings. The van der Waals surface area contributed by atoms with Crippen LogP contribution in [0.5, 0.6) is 0 Å². The number of nitrogens with zero attached hydrogens (tertiary/aromatic N) is 3. The number of carbonyl (C=O) groups excluding carboxylic acids is 1. The van der Waals surface area contributed by atoms with Crippen molar-refractivity contribution in [1.29, 1.82) is 0 Å². The second kappa shape index (κ2) is 11.1. The SMILES string of the molecule is CN(C)/C=C/C(=O)c1ccc2c(c1)c1cc(-c3ccc(Cl)cc3Cl)c(=O)n(C)c1n2COCC[Si](C)(C)C. The molecule has 2 aromatic carbocycles. The molecule has 0 unspecified atom stereocenters. The lowest BCUT2D eigenvalue weighted by Gasteiger charge is -2.17. The van der Waals surface area contributed by atoms with Gasteiger partial charge in [-0.25, -0.2) is 0 Å². The van der Waals surface area contributed by atoms with Crippen molar-refractivity contribution in [3.05, 3.63) is 80.7 Å². The van der Waals surface area contributed by atoms with Crippen LogP contribution in [-0.2, 0) is 18.5 Å². The van der Waals surface area contributed by atoms with Gasteiger partial charge in [0.1, 0.15) is 12.4 Å². The monoisotopic (exact) mass is 569 g/mol. The fourth-order valence-corrected chi connectivity index (χ4v) is 5.65. The Bertz CT molecular complexity index is 1610.